The summed E-state index contributed by atoms with van der Waals surface area (Å²) in [6.45, 7) is 3.11. The van der Waals surface area contributed by atoms with Crippen molar-refractivity contribution in [1.29, 1.82) is 5.41 Å². The van der Waals surface area contributed by atoms with E-state index in [1.165, 1.54) is 5.56 Å². The van der Waals surface area contributed by atoms with Crippen LogP contribution in [0.15, 0.2) is 48.9 Å². The molecule has 3 heterocycles. The van der Waals surface area contributed by atoms with E-state index < -0.39 is 0 Å². The molecule has 130 valence electrons. The fourth-order valence-electron chi connectivity index (χ4n) is 3.31. The number of nitrogens with zero attached hydrogens (tertiary/aromatic N) is 3. The van der Waals surface area contributed by atoms with E-state index in [2.05, 4.69) is 55.9 Å². The van der Waals surface area contributed by atoms with Gasteiger partial charge >= 0.3 is 5.65 Å². The van der Waals surface area contributed by atoms with E-state index in [1.807, 2.05) is 19.2 Å². The van der Waals surface area contributed by atoms with Gasteiger partial charge in [-0.05, 0) is 24.1 Å². The molecule has 0 aliphatic carbocycles. The van der Waals surface area contributed by atoms with Crippen molar-refractivity contribution in [2.45, 2.75) is 19.1 Å². The first-order valence-corrected chi connectivity index (χ1v) is 8.72. The zero-order valence-electron chi connectivity index (χ0n) is 14.5. The molecule has 0 spiro atoms. The fourth-order valence-corrected chi connectivity index (χ4v) is 3.31. The Bertz CT molecular complexity index is 871. The summed E-state index contributed by atoms with van der Waals surface area (Å²) < 4.78 is 12.2. The number of fused-ring (bicyclic) bond motifs is 1. The van der Waals surface area contributed by atoms with Crippen LogP contribution < -0.4 is 9.88 Å². The standard InChI is InChI=1S/C19H24N5O/c1-22-9-7-19-23(10-11-24(19)22)13-15-2-4-16(5-3-15)18(20)14-25-17-6-8-21-12-17/h2-5,7,9-11,17,20-21H,6,8,12-14H2,1H3/q+1. The maximum Gasteiger partial charge on any atom is 0.307 e. The summed E-state index contributed by atoms with van der Waals surface area (Å²) in [6.07, 6.45) is 7.49. The van der Waals surface area contributed by atoms with Crippen molar-refractivity contribution in [3.05, 3.63) is 60.0 Å². The highest BCUT2D eigenvalue weighted by atomic mass is 16.5. The van der Waals surface area contributed by atoms with E-state index in [9.17, 15) is 0 Å². The summed E-state index contributed by atoms with van der Waals surface area (Å²) in [5, 5.41) is 11.5. The maximum absolute atomic E-state index is 8.21. The number of aromatic nitrogens is 3. The fraction of sp³-hybridized carbons (Fsp3) is 0.368. The average molecular weight is 338 g/mol. The molecule has 2 aromatic heterocycles. The first-order chi connectivity index (χ1) is 12.2. The molecule has 1 aliphatic rings. The van der Waals surface area contributed by atoms with Crippen LogP contribution in [0.2, 0.25) is 0 Å². The number of nitrogens with one attached hydrogen (secondary N) is 2. The summed E-state index contributed by atoms with van der Waals surface area (Å²) in [7, 11) is 2.03. The van der Waals surface area contributed by atoms with Crippen molar-refractivity contribution < 1.29 is 9.30 Å². The molecular formula is C19H24N5O+. The molecule has 0 saturated carbocycles. The summed E-state index contributed by atoms with van der Waals surface area (Å²) in [5.74, 6) is 0. The van der Waals surface area contributed by atoms with Gasteiger partial charge in [0.15, 0.2) is 6.20 Å². The molecule has 1 aromatic carbocycles. The van der Waals surface area contributed by atoms with Crippen LogP contribution in [0.5, 0.6) is 0 Å². The number of hydrogen-bond acceptors (Lipinski definition) is 3. The van der Waals surface area contributed by atoms with Crippen LogP contribution in [0.4, 0.5) is 0 Å². The Morgan fingerprint density at radius 2 is 2.12 bits per heavy atom. The van der Waals surface area contributed by atoms with Gasteiger partial charge in [0.05, 0.1) is 18.4 Å². The quantitative estimate of drug-likeness (QED) is 0.527. The largest absolute Gasteiger partial charge is 0.371 e. The van der Waals surface area contributed by atoms with Gasteiger partial charge in [-0.15, -0.1) is 4.52 Å². The number of aryl methyl sites for hydroxylation is 1. The van der Waals surface area contributed by atoms with Crippen LogP contribution in [-0.4, -0.2) is 40.7 Å². The topological polar surface area (TPSA) is 58.3 Å². The molecule has 1 atom stereocenters. The minimum absolute atomic E-state index is 0.249. The molecule has 0 bridgehead atoms. The maximum atomic E-state index is 8.21. The zero-order valence-corrected chi connectivity index (χ0v) is 14.5. The van der Waals surface area contributed by atoms with Crippen LogP contribution in [0.25, 0.3) is 5.65 Å². The van der Waals surface area contributed by atoms with Gasteiger partial charge in [-0.1, -0.05) is 24.3 Å². The highest BCUT2D eigenvalue weighted by Gasteiger charge is 2.16. The molecule has 25 heavy (non-hydrogen) atoms. The number of rotatable bonds is 6. The van der Waals surface area contributed by atoms with E-state index in [4.69, 9.17) is 10.1 Å². The van der Waals surface area contributed by atoms with E-state index in [0.29, 0.717) is 12.3 Å². The monoisotopic (exact) mass is 338 g/mol. The molecule has 4 rings (SSSR count). The third-order valence-corrected chi connectivity index (χ3v) is 4.83. The van der Waals surface area contributed by atoms with Crippen molar-refractivity contribution in [3.8, 4) is 0 Å². The summed E-state index contributed by atoms with van der Waals surface area (Å²) in [5.41, 5.74) is 3.86. The van der Waals surface area contributed by atoms with Gasteiger partial charge in [0.25, 0.3) is 0 Å². The van der Waals surface area contributed by atoms with Crippen molar-refractivity contribution in [2.75, 3.05) is 19.7 Å². The predicted molar refractivity (Wildman–Crippen MR) is 96.2 cm³/mol. The van der Waals surface area contributed by atoms with Gasteiger partial charge in [-0.25, -0.2) is 9.25 Å². The average Bonchev–Trinajstić information content (AvgIpc) is 3.35. The Hall–Kier alpha value is -2.44. The Kier molecular flexibility index (Phi) is 4.38. The van der Waals surface area contributed by atoms with Gasteiger partial charge in [0.2, 0.25) is 0 Å². The molecule has 2 N–H and O–H groups in total. The summed E-state index contributed by atoms with van der Waals surface area (Å²) in [4.78, 5) is 0. The Labute approximate surface area is 147 Å². The first-order valence-electron chi connectivity index (χ1n) is 8.72. The lowest BCUT2D eigenvalue weighted by Crippen LogP contribution is -2.32. The van der Waals surface area contributed by atoms with Crippen molar-refractivity contribution in [3.63, 3.8) is 0 Å². The highest BCUT2D eigenvalue weighted by Crippen LogP contribution is 2.09. The third-order valence-electron chi connectivity index (χ3n) is 4.83. The molecule has 1 unspecified atom stereocenters. The predicted octanol–water partition coefficient (Wildman–Crippen LogP) is 1.36. The van der Waals surface area contributed by atoms with Crippen LogP contribution >= 0.6 is 0 Å². The molecule has 1 aliphatic heterocycles. The summed E-state index contributed by atoms with van der Waals surface area (Å²) >= 11 is 0. The van der Waals surface area contributed by atoms with Crippen LogP contribution in [0, 0.1) is 5.41 Å². The van der Waals surface area contributed by atoms with Gasteiger partial charge in [0.1, 0.15) is 12.7 Å². The van der Waals surface area contributed by atoms with Crippen LogP contribution in [-0.2, 0) is 18.3 Å². The Morgan fingerprint density at radius 1 is 1.28 bits per heavy atom. The van der Waals surface area contributed by atoms with Crippen molar-refractivity contribution >= 4 is 11.4 Å². The number of hydrogen-bond donors (Lipinski definition) is 2. The molecular weight excluding hydrogens is 314 g/mol. The van der Waals surface area contributed by atoms with Gasteiger partial charge < -0.3 is 15.5 Å². The summed E-state index contributed by atoms with van der Waals surface area (Å²) in [6, 6.07) is 10.3. The third kappa shape index (κ3) is 3.36. The second kappa shape index (κ2) is 6.82. The minimum Gasteiger partial charge on any atom is -0.371 e. The lowest BCUT2D eigenvalue weighted by molar-refractivity contribution is -0.661. The minimum atomic E-state index is 0.249. The zero-order chi connectivity index (χ0) is 17.2. The molecule has 1 saturated heterocycles. The van der Waals surface area contributed by atoms with Gasteiger partial charge in [0, 0.05) is 25.9 Å². The molecule has 3 aromatic rings. The molecule has 6 heteroatoms. The van der Waals surface area contributed by atoms with Crippen molar-refractivity contribution in [2.24, 2.45) is 7.05 Å². The van der Waals surface area contributed by atoms with E-state index in [0.717, 1.165) is 37.3 Å². The molecule has 6 nitrogen and oxygen atoms in total. The van der Waals surface area contributed by atoms with E-state index in [-0.39, 0.29) is 6.10 Å². The SMILES string of the molecule is Cn1ccc2n1cc[n+]2Cc1ccc(C(=N)COC2CCNC2)cc1. The van der Waals surface area contributed by atoms with Gasteiger partial charge in [-0.3, -0.25) is 0 Å². The highest BCUT2D eigenvalue weighted by molar-refractivity contribution is 5.99. The second-order valence-electron chi connectivity index (χ2n) is 6.62. The normalized spacial score (nSPS) is 17.4. The van der Waals surface area contributed by atoms with E-state index in [1.54, 1.807) is 0 Å². The Morgan fingerprint density at radius 3 is 2.88 bits per heavy atom. The van der Waals surface area contributed by atoms with Crippen molar-refractivity contribution in [1.82, 2.24) is 14.5 Å². The van der Waals surface area contributed by atoms with Gasteiger partial charge in [-0.2, -0.15) is 0 Å². The molecule has 0 amide bonds. The number of benzene rings is 1. The lowest BCUT2D eigenvalue weighted by atomic mass is 10.1. The lowest BCUT2D eigenvalue weighted by Gasteiger charge is -2.11. The smallest absolute Gasteiger partial charge is 0.307 e. The Balaban J connectivity index is 1.40. The number of ether oxygens (including phenoxy) is 1. The van der Waals surface area contributed by atoms with Crippen LogP contribution in [0.1, 0.15) is 17.5 Å². The second-order valence-corrected chi connectivity index (χ2v) is 6.62. The van der Waals surface area contributed by atoms with Crippen LogP contribution in [0.3, 0.4) is 0 Å². The first kappa shape index (κ1) is 16.1. The number of imidazole rings is 1. The molecule has 1 fully saturated rings. The molecule has 0 radical (unpaired) electrons. The van der Waals surface area contributed by atoms with E-state index >= 15 is 0 Å².